The van der Waals surface area contributed by atoms with Crippen LogP contribution in [0.15, 0.2) is 24.3 Å². The predicted molar refractivity (Wildman–Crippen MR) is 140 cm³/mol. The quantitative estimate of drug-likeness (QED) is 0.337. The molecule has 210 valence electrons. The van der Waals surface area contributed by atoms with Crippen molar-refractivity contribution in [2.24, 2.45) is 11.8 Å². The number of amides is 3. The van der Waals surface area contributed by atoms with E-state index in [4.69, 9.17) is 9.47 Å². The van der Waals surface area contributed by atoms with Crippen LogP contribution in [0, 0.1) is 11.8 Å². The van der Waals surface area contributed by atoms with E-state index in [9.17, 15) is 19.5 Å². The second-order valence-electron chi connectivity index (χ2n) is 11.3. The zero-order valence-electron chi connectivity index (χ0n) is 22.7. The number of carbonyl (C=O) groups excluding carboxylic acids is 3. The third-order valence-electron chi connectivity index (χ3n) is 8.81. The normalized spacial score (nSPS) is 35.4. The van der Waals surface area contributed by atoms with Crippen LogP contribution in [0.25, 0.3) is 0 Å². The second kappa shape index (κ2) is 11.1. The number of unbranched alkanes of at least 4 members (excludes halogenated alkanes) is 1. The van der Waals surface area contributed by atoms with Crippen LogP contribution in [0.2, 0.25) is 0 Å². The molecule has 0 aromatic heterocycles. The molecule has 3 fully saturated rings. The molecular formula is C28H42N4O6. The van der Waals surface area contributed by atoms with E-state index in [0.717, 1.165) is 26.1 Å². The molecule has 0 saturated carbocycles. The SMILES string of the molecule is CCCN1CC=C[C@@]2(C)O[C@]34C=CCN(CCN5CCOCC5)C(=O)C3N(CCCCO)C(=O)[C@@H]4[C@H]2C1=O. The Bertz CT molecular complexity index is 980. The van der Waals surface area contributed by atoms with Crippen molar-refractivity contribution in [1.82, 2.24) is 19.6 Å². The van der Waals surface area contributed by atoms with Gasteiger partial charge in [0.2, 0.25) is 17.7 Å². The zero-order chi connectivity index (χ0) is 26.9. The molecule has 5 aliphatic rings. The molecule has 1 spiro atoms. The van der Waals surface area contributed by atoms with Gasteiger partial charge in [0.15, 0.2) is 0 Å². The van der Waals surface area contributed by atoms with Crippen LogP contribution in [0.1, 0.15) is 33.1 Å². The highest BCUT2D eigenvalue weighted by molar-refractivity contribution is 6.00. The molecule has 5 atom stereocenters. The highest BCUT2D eigenvalue weighted by Gasteiger charge is 2.74. The van der Waals surface area contributed by atoms with Gasteiger partial charge >= 0.3 is 0 Å². The largest absolute Gasteiger partial charge is 0.396 e. The average Bonchev–Trinajstić information content (AvgIpc) is 3.17. The van der Waals surface area contributed by atoms with Crippen LogP contribution >= 0.6 is 0 Å². The van der Waals surface area contributed by atoms with Crippen molar-refractivity contribution < 1.29 is 29.0 Å². The van der Waals surface area contributed by atoms with Crippen LogP contribution in [-0.4, -0.2) is 132 Å². The lowest BCUT2D eigenvalue weighted by atomic mass is 9.74. The molecule has 0 aromatic carbocycles. The first kappa shape index (κ1) is 27.3. The minimum atomic E-state index is -1.21. The van der Waals surface area contributed by atoms with Gasteiger partial charge in [-0.15, -0.1) is 0 Å². The first-order chi connectivity index (χ1) is 18.4. The molecule has 3 saturated heterocycles. The lowest BCUT2D eigenvalue weighted by molar-refractivity contribution is -0.152. The van der Waals surface area contributed by atoms with E-state index in [-0.39, 0.29) is 24.3 Å². The molecule has 10 heteroatoms. The maximum atomic E-state index is 14.3. The number of nitrogens with zero attached hydrogens (tertiary/aromatic N) is 4. The summed E-state index contributed by atoms with van der Waals surface area (Å²) in [6.07, 6.45) is 9.67. The highest BCUT2D eigenvalue weighted by atomic mass is 16.5. The maximum Gasteiger partial charge on any atom is 0.249 e. The summed E-state index contributed by atoms with van der Waals surface area (Å²) in [6, 6.07) is -0.841. The van der Waals surface area contributed by atoms with Gasteiger partial charge in [0.1, 0.15) is 11.6 Å². The topological polar surface area (TPSA) is 103 Å². The maximum absolute atomic E-state index is 14.3. The molecule has 5 rings (SSSR count). The molecule has 0 bridgehead atoms. The van der Waals surface area contributed by atoms with E-state index in [0.29, 0.717) is 58.8 Å². The molecule has 1 unspecified atom stereocenters. The van der Waals surface area contributed by atoms with Gasteiger partial charge in [0.25, 0.3) is 0 Å². The monoisotopic (exact) mass is 530 g/mol. The van der Waals surface area contributed by atoms with E-state index >= 15 is 0 Å². The molecule has 5 aliphatic heterocycles. The van der Waals surface area contributed by atoms with Crippen LogP contribution < -0.4 is 0 Å². The van der Waals surface area contributed by atoms with Gasteiger partial charge in [-0.3, -0.25) is 19.3 Å². The first-order valence-electron chi connectivity index (χ1n) is 14.2. The summed E-state index contributed by atoms with van der Waals surface area (Å²) in [5.74, 6) is -1.90. The summed E-state index contributed by atoms with van der Waals surface area (Å²) < 4.78 is 12.3. The number of ether oxygens (including phenoxy) is 2. The first-order valence-corrected chi connectivity index (χ1v) is 14.2. The van der Waals surface area contributed by atoms with Crippen molar-refractivity contribution in [2.45, 2.75) is 50.4 Å². The van der Waals surface area contributed by atoms with E-state index in [1.54, 1.807) is 4.90 Å². The van der Waals surface area contributed by atoms with Gasteiger partial charge in [0, 0.05) is 59.0 Å². The number of rotatable bonds is 9. The van der Waals surface area contributed by atoms with Gasteiger partial charge in [0.05, 0.1) is 30.7 Å². The van der Waals surface area contributed by atoms with Crippen molar-refractivity contribution in [3.8, 4) is 0 Å². The van der Waals surface area contributed by atoms with Gasteiger partial charge in [-0.1, -0.05) is 31.2 Å². The number of morpholine rings is 1. The Hall–Kier alpha value is -2.27. The van der Waals surface area contributed by atoms with Gasteiger partial charge in [-0.25, -0.2) is 0 Å². The number of fused-ring (bicyclic) bond motifs is 2. The van der Waals surface area contributed by atoms with Crippen molar-refractivity contribution in [2.75, 3.05) is 72.2 Å². The summed E-state index contributed by atoms with van der Waals surface area (Å²) in [6.45, 7) is 10.2. The van der Waals surface area contributed by atoms with Gasteiger partial charge in [-0.2, -0.15) is 0 Å². The average molecular weight is 531 g/mol. The van der Waals surface area contributed by atoms with E-state index in [1.165, 1.54) is 0 Å². The number of aliphatic hydroxyl groups excluding tert-OH is 1. The Morgan fingerprint density at radius 1 is 0.895 bits per heavy atom. The number of likely N-dealkylation sites (tertiary alicyclic amines) is 1. The van der Waals surface area contributed by atoms with Gasteiger partial charge < -0.3 is 29.3 Å². The zero-order valence-corrected chi connectivity index (χ0v) is 22.7. The highest BCUT2D eigenvalue weighted by Crippen LogP contribution is 2.57. The van der Waals surface area contributed by atoms with Crippen molar-refractivity contribution in [3.05, 3.63) is 24.3 Å². The standard InChI is InChI=1S/C28H42N4O6/c1-3-10-30-11-6-8-27(2)21(24(30)34)22-25(35)32(13-4-5-18-33)23-26(36)31(12-7-9-28(22,23)38-27)15-14-29-16-19-37-20-17-29/h6-9,21-23,33H,3-5,10-20H2,1-2H3/t21-,22-,23?,27+,28-/m0/s1. The summed E-state index contributed by atoms with van der Waals surface area (Å²) >= 11 is 0. The fourth-order valence-corrected chi connectivity index (χ4v) is 7.01. The number of aliphatic hydroxyl groups is 1. The molecule has 5 heterocycles. The minimum Gasteiger partial charge on any atom is -0.396 e. The number of hydrogen-bond acceptors (Lipinski definition) is 7. The molecule has 1 N–H and O–H groups in total. The Morgan fingerprint density at radius 2 is 1.61 bits per heavy atom. The van der Waals surface area contributed by atoms with E-state index < -0.39 is 29.1 Å². The van der Waals surface area contributed by atoms with Crippen LogP contribution in [0.5, 0.6) is 0 Å². The Balaban J connectivity index is 1.49. The predicted octanol–water partition coefficient (Wildman–Crippen LogP) is 0.269. The van der Waals surface area contributed by atoms with Crippen molar-refractivity contribution in [1.29, 1.82) is 0 Å². The fraction of sp³-hybridized carbons (Fsp3) is 0.750. The lowest BCUT2D eigenvalue weighted by Gasteiger charge is -2.38. The van der Waals surface area contributed by atoms with Crippen molar-refractivity contribution in [3.63, 3.8) is 0 Å². The molecule has 0 radical (unpaired) electrons. The molecule has 10 nitrogen and oxygen atoms in total. The third-order valence-corrected chi connectivity index (χ3v) is 8.81. The molecular weight excluding hydrogens is 488 g/mol. The van der Waals surface area contributed by atoms with E-state index in [2.05, 4.69) is 4.90 Å². The molecule has 38 heavy (non-hydrogen) atoms. The lowest BCUT2D eigenvalue weighted by Crippen LogP contribution is -2.56. The van der Waals surface area contributed by atoms with E-state index in [1.807, 2.05) is 48.0 Å². The van der Waals surface area contributed by atoms with Crippen LogP contribution in [-0.2, 0) is 23.9 Å². The molecule has 0 aromatic rings. The minimum absolute atomic E-state index is 0.0211. The second-order valence-corrected chi connectivity index (χ2v) is 11.3. The Kier molecular flexibility index (Phi) is 7.96. The van der Waals surface area contributed by atoms with Crippen LogP contribution in [0.3, 0.4) is 0 Å². The van der Waals surface area contributed by atoms with Crippen LogP contribution in [0.4, 0.5) is 0 Å². The number of hydrogen-bond donors (Lipinski definition) is 1. The number of carbonyl (C=O) groups is 3. The molecule has 0 aliphatic carbocycles. The van der Waals surface area contributed by atoms with Gasteiger partial charge in [-0.05, 0) is 26.2 Å². The summed E-state index contributed by atoms with van der Waals surface area (Å²) in [5, 5.41) is 9.38. The van der Waals surface area contributed by atoms with Crippen molar-refractivity contribution >= 4 is 17.7 Å². The summed E-state index contributed by atoms with van der Waals surface area (Å²) in [4.78, 5) is 49.9. The molecule has 3 amide bonds. The Labute approximate surface area is 225 Å². The third kappa shape index (κ3) is 4.59. The summed E-state index contributed by atoms with van der Waals surface area (Å²) in [7, 11) is 0. The summed E-state index contributed by atoms with van der Waals surface area (Å²) in [5.41, 5.74) is -2.20. The Morgan fingerprint density at radius 3 is 2.32 bits per heavy atom. The fourth-order valence-electron chi connectivity index (χ4n) is 7.01. The smallest absolute Gasteiger partial charge is 0.249 e.